The number of methoxy groups -OCH3 is 1. The topological polar surface area (TPSA) is 100 Å². The summed E-state index contributed by atoms with van der Waals surface area (Å²) in [6.07, 6.45) is 5.51. The molecule has 0 aromatic carbocycles. The predicted octanol–water partition coefficient (Wildman–Crippen LogP) is 2.45. The average Bonchev–Trinajstić information content (AvgIpc) is 2.99. The highest BCUT2D eigenvalue weighted by atomic mass is 16.5. The largest absolute Gasteiger partial charge is 0.468 e. The third-order valence-corrected chi connectivity index (χ3v) is 4.60. The minimum absolute atomic E-state index is 0.377. The Morgan fingerprint density at radius 2 is 2.24 bits per heavy atom. The summed E-state index contributed by atoms with van der Waals surface area (Å²) >= 11 is 0. The van der Waals surface area contributed by atoms with Crippen molar-refractivity contribution in [1.82, 2.24) is 19.5 Å². The van der Waals surface area contributed by atoms with E-state index >= 15 is 0 Å². The van der Waals surface area contributed by atoms with E-state index in [2.05, 4.69) is 27.2 Å². The summed E-state index contributed by atoms with van der Waals surface area (Å²) in [6.45, 7) is 5.46. The molecule has 1 aliphatic rings. The van der Waals surface area contributed by atoms with Gasteiger partial charge in [0, 0.05) is 26.3 Å². The van der Waals surface area contributed by atoms with Gasteiger partial charge in [-0.15, -0.1) is 0 Å². The van der Waals surface area contributed by atoms with Crippen LogP contribution in [0.2, 0.25) is 0 Å². The van der Waals surface area contributed by atoms with E-state index in [-0.39, 0.29) is 0 Å². The highest BCUT2D eigenvalue weighted by Crippen LogP contribution is 2.26. The van der Waals surface area contributed by atoms with Gasteiger partial charge in [0.1, 0.15) is 0 Å². The lowest BCUT2D eigenvalue weighted by molar-refractivity contribution is 0.0499. The van der Waals surface area contributed by atoms with Crippen LogP contribution in [0.5, 0.6) is 6.01 Å². The molecular formula is C17H28N6O2. The molecule has 8 heteroatoms. The van der Waals surface area contributed by atoms with Crippen LogP contribution in [0, 0.1) is 5.92 Å². The van der Waals surface area contributed by atoms with Crippen LogP contribution in [0.25, 0.3) is 11.2 Å². The summed E-state index contributed by atoms with van der Waals surface area (Å²) < 4.78 is 13.0. The van der Waals surface area contributed by atoms with E-state index in [9.17, 15) is 0 Å². The van der Waals surface area contributed by atoms with Gasteiger partial charge >= 0.3 is 0 Å². The maximum absolute atomic E-state index is 6.09. The van der Waals surface area contributed by atoms with E-state index < -0.39 is 0 Å². The quantitative estimate of drug-likeness (QED) is 0.707. The highest BCUT2D eigenvalue weighted by Gasteiger charge is 2.19. The standard InChI is InChI=1S/C17H28N6O2/c1-3-4-8-19-16-21-14(18)13-15(22-16)23(17(20-13)24-2)9-7-12-6-5-10-25-11-12/h12H,3-11H2,1-2H3,(H3,18,19,21,22). The molecule has 1 saturated heterocycles. The first-order valence-corrected chi connectivity index (χ1v) is 9.12. The van der Waals surface area contributed by atoms with Crippen LogP contribution in [-0.4, -0.2) is 46.4 Å². The van der Waals surface area contributed by atoms with Gasteiger partial charge < -0.3 is 20.5 Å². The number of aromatic nitrogens is 4. The number of nitrogens with two attached hydrogens (primary N) is 1. The zero-order valence-electron chi connectivity index (χ0n) is 15.1. The summed E-state index contributed by atoms with van der Waals surface area (Å²) in [5, 5.41) is 3.23. The Kier molecular flexibility index (Phi) is 5.91. The fourth-order valence-corrected chi connectivity index (χ4v) is 3.16. The monoisotopic (exact) mass is 348 g/mol. The summed E-state index contributed by atoms with van der Waals surface area (Å²) in [6, 6.07) is 0.526. The second-order valence-corrected chi connectivity index (χ2v) is 6.51. The molecule has 3 N–H and O–H groups in total. The number of aryl methyl sites for hydroxylation is 1. The van der Waals surface area contributed by atoms with Crippen LogP contribution in [-0.2, 0) is 11.3 Å². The Balaban J connectivity index is 1.83. The molecule has 3 rings (SSSR count). The third kappa shape index (κ3) is 4.12. The smallest absolute Gasteiger partial charge is 0.298 e. The highest BCUT2D eigenvalue weighted by molar-refractivity contribution is 5.84. The molecule has 0 spiro atoms. The SMILES string of the molecule is CCCCNc1nc(N)c2nc(OC)n(CCC3CCCOC3)c2n1. The fourth-order valence-electron chi connectivity index (χ4n) is 3.16. The molecule has 0 bridgehead atoms. The van der Waals surface area contributed by atoms with Crippen molar-refractivity contribution in [3.63, 3.8) is 0 Å². The van der Waals surface area contributed by atoms with E-state index in [4.69, 9.17) is 15.2 Å². The van der Waals surface area contributed by atoms with E-state index in [1.165, 1.54) is 6.42 Å². The Morgan fingerprint density at radius 1 is 1.36 bits per heavy atom. The van der Waals surface area contributed by atoms with Crippen molar-refractivity contribution in [2.75, 3.05) is 37.9 Å². The number of imidazole rings is 1. The molecule has 1 unspecified atom stereocenters. The van der Waals surface area contributed by atoms with Crippen molar-refractivity contribution in [3.8, 4) is 6.01 Å². The molecule has 8 nitrogen and oxygen atoms in total. The van der Waals surface area contributed by atoms with Crippen LogP contribution in [0.3, 0.4) is 0 Å². The third-order valence-electron chi connectivity index (χ3n) is 4.60. The maximum atomic E-state index is 6.09. The Hall–Kier alpha value is -2.09. The molecule has 0 radical (unpaired) electrons. The first-order chi connectivity index (χ1) is 12.2. The van der Waals surface area contributed by atoms with Crippen LogP contribution < -0.4 is 15.8 Å². The van der Waals surface area contributed by atoms with Gasteiger partial charge in [0.2, 0.25) is 5.95 Å². The molecule has 138 valence electrons. The summed E-state index contributed by atoms with van der Waals surface area (Å²) in [5.74, 6) is 1.49. The molecule has 25 heavy (non-hydrogen) atoms. The Morgan fingerprint density at radius 3 is 2.96 bits per heavy atom. The number of fused-ring (bicyclic) bond motifs is 1. The molecular weight excluding hydrogens is 320 g/mol. The fraction of sp³-hybridized carbons (Fsp3) is 0.706. The number of hydrogen-bond acceptors (Lipinski definition) is 7. The zero-order valence-corrected chi connectivity index (χ0v) is 15.1. The Labute approximate surface area is 148 Å². The first-order valence-electron chi connectivity index (χ1n) is 9.12. The van der Waals surface area contributed by atoms with Gasteiger partial charge in [0.25, 0.3) is 6.01 Å². The number of rotatable bonds is 8. The number of nitrogens with zero attached hydrogens (tertiary/aromatic N) is 4. The van der Waals surface area contributed by atoms with Crippen LogP contribution in [0.4, 0.5) is 11.8 Å². The number of nitrogens with one attached hydrogen (secondary N) is 1. The Bertz CT molecular complexity index is 696. The molecule has 0 aliphatic carbocycles. The van der Waals surface area contributed by atoms with Crippen molar-refractivity contribution in [1.29, 1.82) is 0 Å². The van der Waals surface area contributed by atoms with E-state index in [0.717, 1.165) is 57.6 Å². The second kappa shape index (κ2) is 8.33. The van der Waals surface area contributed by atoms with Gasteiger partial charge in [0.15, 0.2) is 17.0 Å². The van der Waals surface area contributed by atoms with Crippen LogP contribution in [0.1, 0.15) is 39.0 Å². The maximum Gasteiger partial charge on any atom is 0.298 e. The van der Waals surface area contributed by atoms with Gasteiger partial charge in [-0.1, -0.05) is 13.3 Å². The van der Waals surface area contributed by atoms with Crippen molar-refractivity contribution in [3.05, 3.63) is 0 Å². The molecule has 3 heterocycles. The lowest BCUT2D eigenvalue weighted by atomic mass is 9.99. The number of ether oxygens (including phenoxy) is 2. The van der Waals surface area contributed by atoms with Crippen molar-refractivity contribution in [2.24, 2.45) is 5.92 Å². The lowest BCUT2D eigenvalue weighted by Gasteiger charge is -2.22. The molecule has 1 fully saturated rings. The first kappa shape index (κ1) is 17.7. The second-order valence-electron chi connectivity index (χ2n) is 6.51. The number of anilines is 2. The van der Waals surface area contributed by atoms with Crippen molar-refractivity contribution >= 4 is 22.9 Å². The molecule has 1 atom stereocenters. The summed E-state index contributed by atoms with van der Waals surface area (Å²) in [5.41, 5.74) is 7.41. The summed E-state index contributed by atoms with van der Waals surface area (Å²) in [7, 11) is 1.62. The number of hydrogen-bond donors (Lipinski definition) is 2. The molecule has 0 saturated carbocycles. The molecule has 2 aromatic heterocycles. The van der Waals surface area contributed by atoms with Gasteiger partial charge in [-0.05, 0) is 31.6 Å². The minimum Gasteiger partial charge on any atom is -0.468 e. The van der Waals surface area contributed by atoms with Crippen LogP contribution >= 0.6 is 0 Å². The molecule has 1 aliphatic heterocycles. The number of unbranched alkanes of at least 4 members (excludes halogenated alkanes) is 1. The van der Waals surface area contributed by atoms with Crippen LogP contribution in [0.15, 0.2) is 0 Å². The molecule has 0 amide bonds. The predicted molar refractivity (Wildman–Crippen MR) is 97.8 cm³/mol. The van der Waals surface area contributed by atoms with Gasteiger partial charge in [0.05, 0.1) is 7.11 Å². The van der Waals surface area contributed by atoms with Gasteiger partial charge in [-0.3, -0.25) is 4.57 Å². The number of nitrogen functional groups attached to an aromatic ring is 1. The van der Waals surface area contributed by atoms with E-state index in [0.29, 0.717) is 29.2 Å². The lowest BCUT2D eigenvalue weighted by Crippen LogP contribution is -2.19. The van der Waals surface area contributed by atoms with E-state index in [1.807, 2.05) is 4.57 Å². The van der Waals surface area contributed by atoms with Gasteiger partial charge in [-0.25, -0.2) is 0 Å². The zero-order chi connectivity index (χ0) is 17.6. The summed E-state index contributed by atoms with van der Waals surface area (Å²) in [4.78, 5) is 13.4. The average molecular weight is 348 g/mol. The minimum atomic E-state index is 0.377. The van der Waals surface area contributed by atoms with Gasteiger partial charge in [-0.2, -0.15) is 15.0 Å². The van der Waals surface area contributed by atoms with Crippen molar-refractivity contribution in [2.45, 2.75) is 45.6 Å². The van der Waals surface area contributed by atoms with E-state index in [1.54, 1.807) is 7.11 Å². The van der Waals surface area contributed by atoms with Crippen molar-refractivity contribution < 1.29 is 9.47 Å². The normalized spacial score (nSPS) is 17.8. The molecule has 2 aromatic rings.